The zero-order valence-corrected chi connectivity index (χ0v) is 9.22. The minimum absolute atomic E-state index is 0.00859. The molecule has 2 rings (SSSR count). The van der Waals surface area contributed by atoms with E-state index in [0.29, 0.717) is 24.8 Å². The van der Waals surface area contributed by atoms with E-state index in [9.17, 15) is 4.79 Å². The van der Waals surface area contributed by atoms with Crippen LogP contribution in [0.4, 0.5) is 0 Å². The number of aliphatic hydroxyl groups excluding tert-OH is 1. The summed E-state index contributed by atoms with van der Waals surface area (Å²) in [5.74, 6) is -0.0745. The normalized spacial score (nSPS) is 15.1. The molecule has 0 aromatic carbocycles. The van der Waals surface area contributed by atoms with E-state index in [1.807, 2.05) is 0 Å². The highest BCUT2D eigenvalue weighted by Crippen LogP contribution is 2.41. The third-order valence-electron chi connectivity index (χ3n) is 2.52. The third kappa shape index (κ3) is 2.06. The monoisotopic (exact) mass is 225 g/mol. The van der Waals surface area contributed by atoms with E-state index in [-0.39, 0.29) is 6.61 Å². The van der Waals surface area contributed by atoms with Gasteiger partial charge in [-0.2, -0.15) is 0 Å². The summed E-state index contributed by atoms with van der Waals surface area (Å²) in [5.41, 5.74) is 1.12. The molecule has 0 radical (unpaired) electrons. The van der Waals surface area contributed by atoms with Crippen molar-refractivity contribution < 1.29 is 14.6 Å². The van der Waals surface area contributed by atoms with Crippen LogP contribution in [-0.4, -0.2) is 39.3 Å². The van der Waals surface area contributed by atoms with Gasteiger partial charge in [-0.25, -0.2) is 9.48 Å². The van der Waals surface area contributed by atoms with Crippen LogP contribution >= 0.6 is 0 Å². The summed E-state index contributed by atoms with van der Waals surface area (Å²) in [6.45, 7) is 2.45. The molecule has 88 valence electrons. The predicted octanol–water partition coefficient (Wildman–Crippen LogP) is 0.324. The van der Waals surface area contributed by atoms with Crippen LogP contribution in [0.1, 0.15) is 41.9 Å². The molecule has 0 spiro atoms. The molecule has 0 saturated heterocycles. The van der Waals surface area contributed by atoms with Gasteiger partial charge in [0.15, 0.2) is 5.69 Å². The van der Waals surface area contributed by atoms with Gasteiger partial charge in [-0.3, -0.25) is 0 Å². The Morgan fingerprint density at radius 1 is 1.62 bits per heavy atom. The Balaban J connectivity index is 2.26. The fourth-order valence-corrected chi connectivity index (χ4v) is 1.69. The van der Waals surface area contributed by atoms with E-state index in [2.05, 4.69) is 10.3 Å². The number of esters is 1. The lowest BCUT2D eigenvalue weighted by Gasteiger charge is -2.04. The molecular weight excluding hydrogens is 210 g/mol. The molecule has 0 bridgehead atoms. The summed E-state index contributed by atoms with van der Waals surface area (Å²) in [7, 11) is 0. The van der Waals surface area contributed by atoms with Gasteiger partial charge in [0, 0.05) is 5.92 Å². The lowest BCUT2D eigenvalue weighted by Crippen LogP contribution is -2.11. The molecule has 1 fully saturated rings. The molecule has 0 atom stereocenters. The third-order valence-corrected chi connectivity index (χ3v) is 2.52. The summed E-state index contributed by atoms with van der Waals surface area (Å²) in [4.78, 5) is 11.6. The molecule has 1 aliphatic carbocycles. The lowest BCUT2D eigenvalue weighted by atomic mass is 10.2. The highest BCUT2D eigenvalue weighted by molar-refractivity contribution is 5.88. The van der Waals surface area contributed by atoms with Gasteiger partial charge in [0.1, 0.15) is 0 Å². The van der Waals surface area contributed by atoms with Gasteiger partial charge in [0.25, 0.3) is 0 Å². The number of ether oxygens (including phenoxy) is 1. The van der Waals surface area contributed by atoms with Gasteiger partial charge in [-0.1, -0.05) is 5.21 Å². The van der Waals surface area contributed by atoms with Gasteiger partial charge in [0.2, 0.25) is 0 Å². The van der Waals surface area contributed by atoms with Gasteiger partial charge in [0.05, 0.1) is 25.5 Å². The van der Waals surface area contributed by atoms with Crippen molar-refractivity contribution in [2.45, 2.75) is 32.2 Å². The second kappa shape index (κ2) is 4.61. The number of aliphatic hydroxyl groups is 1. The van der Waals surface area contributed by atoms with E-state index < -0.39 is 5.97 Å². The van der Waals surface area contributed by atoms with Crippen molar-refractivity contribution in [3.05, 3.63) is 11.4 Å². The van der Waals surface area contributed by atoms with Crippen molar-refractivity contribution in [1.29, 1.82) is 0 Å². The number of hydrogen-bond donors (Lipinski definition) is 1. The van der Waals surface area contributed by atoms with Gasteiger partial charge >= 0.3 is 5.97 Å². The van der Waals surface area contributed by atoms with Crippen LogP contribution in [0.3, 0.4) is 0 Å². The van der Waals surface area contributed by atoms with Crippen molar-refractivity contribution in [2.24, 2.45) is 0 Å². The molecule has 6 heteroatoms. The minimum Gasteiger partial charge on any atom is -0.461 e. The quantitative estimate of drug-likeness (QED) is 0.730. The van der Waals surface area contributed by atoms with Crippen LogP contribution in [0.15, 0.2) is 0 Å². The summed E-state index contributed by atoms with van der Waals surface area (Å²) in [5, 5.41) is 16.6. The maximum atomic E-state index is 11.6. The van der Waals surface area contributed by atoms with Crippen LogP contribution in [0.25, 0.3) is 0 Å². The SMILES string of the molecule is CCOC(=O)c1nnn(CCO)c1C1CC1. The molecule has 0 unspecified atom stereocenters. The Kier molecular flexibility index (Phi) is 3.19. The molecule has 6 nitrogen and oxygen atoms in total. The Hall–Kier alpha value is -1.43. The number of carbonyl (C=O) groups is 1. The highest BCUT2D eigenvalue weighted by Gasteiger charge is 2.34. The smallest absolute Gasteiger partial charge is 0.360 e. The average molecular weight is 225 g/mol. The van der Waals surface area contributed by atoms with E-state index in [1.54, 1.807) is 11.6 Å². The molecule has 1 saturated carbocycles. The standard InChI is InChI=1S/C10H15N3O3/c1-2-16-10(15)8-9(7-3-4-7)13(5-6-14)12-11-8/h7,14H,2-6H2,1H3. The van der Waals surface area contributed by atoms with E-state index in [4.69, 9.17) is 9.84 Å². The molecular formula is C10H15N3O3. The maximum Gasteiger partial charge on any atom is 0.360 e. The Bertz CT molecular complexity index is 385. The summed E-state index contributed by atoms with van der Waals surface area (Å²) in [6, 6.07) is 0. The average Bonchev–Trinajstić information content (AvgIpc) is 3.01. The Morgan fingerprint density at radius 3 is 2.94 bits per heavy atom. The molecule has 1 N–H and O–H groups in total. The first-order valence-electron chi connectivity index (χ1n) is 5.49. The van der Waals surface area contributed by atoms with Gasteiger partial charge < -0.3 is 9.84 Å². The van der Waals surface area contributed by atoms with E-state index >= 15 is 0 Å². The van der Waals surface area contributed by atoms with Gasteiger partial charge in [-0.15, -0.1) is 5.10 Å². The predicted molar refractivity (Wildman–Crippen MR) is 55.0 cm³/mol. The van der Waals surface area contributed by atoms with Crippen LogP contribution in [0, 0.1) is 0 Å². The number of nitrogens with zero attached hydrogens (tertiary/aromatic N) is 3. The summed E-state index contributed by atoms with van der Waals surface area (Å²) < 4.78 is 6.52. The van der Waals surface area contributed by atoms with Crippen molar-refractivity contribution in [2.75, 3.05) is 13.2 Å². The van der Waals surface area contributed by atoms with Crippen LogP contribution in [0.5, 0.6) is 0 Å². The Labute approximate surface area is 93.2 Å². The van der Waals surface area contributed by atoms with Crippen molar-refractivity contribution >= 4 is 5.97 Å². The largest absolute Gasteiger partial charge is 0.461 e. The van der Waals surface area contributed by atoms with Crippen LogP contribution in [-0.2, 0) is 11.3 Å². The molecule has 1 heterocycles. The zero-order chi connectivity index (χ0) is 11.5. The summed E-state index contributed by atoms with van der Waals surface area (Å²) in [6.07, 6.45) is 2.09. The first-order chi connectivity index (χ1) is 7.77. The topological polar surface area (TPSA) is 77.2 Å². The summed E-state index contributed by atoms with van der Waals surface area (Å²) >= 11 is 0. The number of carbonyl (C=O) groups excluding carboxylic acids is 1. The first-order valence-corrected chi connectivity index (χ1v) is 5.49. The van der Waals surface area contributed by atoms with Crippen LogP contribution < -0.4 is 0 Å². The van der Waals surface area contributed by atoms with E-state index in [0.717, 1.165) is 18.5 Å². The zero-order valence-electron chi connectivity index (χ0n) is 9.22. The molecule has 0 amide bonds. The second-order valence-corrected chi connectivity index (χ2v) is 3.76. The second-order valence-electron chi connectivity index (χ2n) is 3.76. The molecule has 1 aromatic rings. The number of aromatic nitrogens is 3. The highest BCUT2D eigenvalue weighted by atomic mass is 16.5. The fraction of sp³-hybridized carbons (Fsp3) is 0.700. The molecule has 0 aliphatic heterocycles. The van der Waals surface area contributed by atoms with Crippen molar-refractivity contribution in [1.82, 2.24) is 15.0 Å². The van der Waals surface area contributed by atoms with E-state index in [1.165, 1.54) is 0 Å². The van der Waals surface area contributed by atoms with Gasteiger partial charge in [-0.05, 0) is 19.8 Å². The molecule has 1 aromatic heterocycles. The number of hydrogen-bond acceptors (Lipinski definition) is 5. The first kappa shape index (κ1) is 11.1. The lowest BCUT2D eigenvalue weighted by molar-refractivity contribution is 0.0518. The van der Waals surface area contributed by atoms with Crippen LogP contribution in [0.2, 0.25) is 0 Å². The minimum atomic E-state index is -0.423. The Morgan fingerprint density at radius 2 is 2.38 bits per heavy atom. The number of rotatable bonds is 5. The fourth-order valence-electron chi connectivity index (χ4n) is 1.69. The van der Waals surface area contributed by atoms with Crippen molar-refractivity contribution in [3.8, 4) is 0 Å². The maximum absolute atomic E-state index is 11.6. The molecule has 1 aliphatic rings. The molecule has 16 heavy (non-hydrogen) atoms. The van der Waals surface area contributed by atoms with Crippen molar-refractivity contribution in [3.63, 3.8) is 0 Å².